The van der Waals surface area contributed by atoms with Crippen LogP contribution in [0.25, 0.3) is 33.6 Å². The van der Waals surface area contributed by atoms with E-state index in [0.29, 0.717) is 40.2 Å². The highest BCUT2D eigenvalue weighted by molar-refractivity contribution is 6.03. The van der Waals surface area contributed by atoms with Crippen LogP contribution in [0.1, 0.15) is 37.5 Å². The molecule has 0 spiro atoms. The molecule has 12 heteroatoms. The fraction of sp³-hybridized carbons (Fsp3) is 0.189. The van der Waals surface area contributed by atoms with E-state index in [-0.39, 0.29) is 41.7 Å². The molecule has 3 aromatic carbocycles. The van der Waals surface area contributed by atoms with Gasteiger partial charge in [-0.2, -0.15) is 5.10 Å². The number of carbonyl (C=O) groups excluding carboxylic acids is 2. The number of aromatic nitrogens is 4. The van der Waals surface area contributed by atoms with Crippen LogP contribution in [0.3, 0.4) is 0 Å². The fourth-order valence-corrected chi connectivity index (χ4v) is 6.12. The van der Waals surface area contributed by atoms with Crippen LogP contribution in [0.5, 0.6) is 11.5 Å². The lowest BCUT2D eigenvalue weighted by Crippen LogP contribution is -2.24. The molecule has 6 aromatic rings. The molecule has 1 saturated carbocycles. The third-order valence-corrected chi connectivity index (χ3v) is 8.43. The Bertz CT molecular complexity index is 2170. The molecule has 3 aromatic heterocycles. The topological polar surface area (TPSA) is 152 Å². The number of carbonyl (C=O) groups is 2. The number of ether oxygens (including phenoxy) is 2. The number of nitrogens with zero attached hydrogens (tertiary/aromatic N) is 4. The van der Waals surface area contributed by atoms with Gasteiger partial charge in [0.05, 0.1) is 11.4 Å². The van der Waals surface area contributed by atoms with Gasteiger partial charge in [-0.3, -0.25) is 10.1 Å². The zero-order chi connectivity index (χ0) is 33.7. The van der Waals surface area contributed by atoms with Crippen molar-refractivity contribution >= 4 is 28.7 Å². The molecular formula is C37H31N5O7. The number of ketones is 1. The van der Waals surface area contributed by atoms with Crippen molar-refractivity contribution < 1.29 is 27.9 Å². The van der Waals surface area contributed by atoms with Gasteiger partial charge in [0.1, 0.15) is 23.5 Å². The molecule has 0 radical (unpaired) electrons. The molecule has 1 N–H and O–H groups in total. The van der Waals surface area contributed by atoms with Crippen molar-refractivity contribution in [2.24, 2.45) is 5.92 Å². The minimum atomic E-state index is -0.910. The first-order valence-corrected chi connectivity index (χ1v) is 15.8. The summed E-state index contributed by atoms with van der Waals surface area (Å²) in [5, 5.41) is 8.22. The summed E-state index contributed by atoms with van der Waals surface area (Å²) in [6.45, 7) is 3.30. The van der Waals surface area contributed by atoms with Crippen molar-refractivity contribution in [2.75, 3.05) is 5.32 Å². The van der Waals surface area contributed by atoms with Crippen LogP contribution in [0.2, 0.25) is 0 Å². The molecule has 0 aliphatic heterocycles. The zero-order valence-electron chi connectivity index (χ0n) is 26.3. The first-order chi connectivity index (χ1) is 24.0. The van der Waals surface area contributed by atoms with Gasteiger partial charge in [0.15, 0.2) is 35.4 Å². The number of nitrogens with one attached hydrogen (secondary N) is 1. The summed E-state index contributed by atoms with van der Waals surface area (Å²) in [7, 11) is 0. The summed E-state index contributed by atoms with van der Waals surface area (Å²) in [6, 6.07) is 25.6. The van der Waals surface area contributed by atoms with Crippen molar-refractivity contribution in [2.45, 2.75) is 38.3 Å². The Kier molecular flexibility index (Phi) is 8.83. The maximum absolute atomic E-state index is 13.2. The Morgan fingerprint density at radius 2 is 1.65 bits per heavy atom. The van der Waals surface area contributed by atoms with Crippen molar-refractivity contribution in [1.82, 2.24) is 19.7 Å². The minimum Gasteiger partial charge on any atom is -0.457 e. The fourth-order valence-electron chi connectivity index (χ4n) is 6.12. The van der Waals surface area contributed by atoms with Gasteiger partial charge in [0, 0.05) is 17.0 Å². The first kappa shape index (κ1) is 31.3. The molecule has 2 atom stereocenters. The number of hydrogen-bond acceptors (Lipinski definition) is 10. The number of amides is 1. The van der Waals surface area contributed by atoms with E-state index in [2.05, 4.69) is 21.9 Å². The molecule has 3 heterocycles. The van der Waals surface area contributed by atoms with Crippen molar-refractivity contribution in [3.05, 3.63) is 120 Å². The number of allylic oxidation sites excluding steroid dienone is 1. The Morgan fingerprint density at radius 1 is 0.918 bits per heavy atom. The van der Waals surface area contributed by atoms with Crippen LogP contribution in [0, 0.1) is 5.92 Å². The third kappa shape index (κ3) is 6.75. The zero-order valence-corrected chi connectivity index (χ0v) is 26.3. The quantitative estimate of drug-likeness (QED) is 0.145. The van der Waals surface area contributed by atoms with Crippen LogP contribution in [0.4, 0.5) is 10.6 Å². The maximum atomic E-state index is 13.2. The molecule has 246 valence electrons. The van der Waals surface area contributed by atoms with Gasteiger partial charge < -0.3 is 18.3 Å². The van der Waals surface area contributed by atoms with Crippen molar-refractivity contribution in [1.29, 1.82) is 0 Å². The second kappa shape index (κ2) is 13.8. The van der Waals surface area contributed by atoms with Gasteiger partial charge in [-0.1, -0.05) is 61.5 Å². The predicted molar refractivity (Wildman–Crippen MR) is 180 cm³/mol. The Labute approximate surface area is 280 Å². The Hall–Kier alpha value is -6.30. The van der Waals surface area contributed by atoms with Crippen LogP contribution in [0.15, 0.2) is 118 Å². The molecule has 1 fully saturated rings. The van der Waals surface area contributed by atoms with Gasteiger partial charge >= 0.3 is 11.9 Å². The number of para-hydroxylation sites is 1. The van der Waals surface area contributed by atoms with Crippen LogP contribution in [-0.4, -0.2) is 31.6 Å². The Morgan fingerprint density at radius 3 is 2.41 bits per heavy atom. The second-order valence-corrected chi connectivity index (χ2v) is 11.6. The van der Waals surface area contributed by atoms with Crippen LogP contribution < -0.4 is 15.9 Å². The normalized spacial score (nSPS) is 15.8. The largest absolute Gasteiger partial charge is 0.519 e. The summed E-state index contributed by atoms with van der Waals surface area (Å²) in [4.78, 5) is 46.6. The molecular weight excluding hydrogens is 626 g/mol. The minimum absolute atomic E-state index is 0.0130. The number of rotatable bonds is 10. The summed E-state index contributed by atoms with van der Waals surface area (Å²) in [5.41, 5.74) is 2.36. The summed E-state index contributed by atoms with van der Waals surface area (Å²) >= 11 is 0. The van der Waals surface area contributed by atoms with Crippen molar-refractivity contribution in [3.63, 3.8) is 0 Å². The van der Waals surface area contributed by atoms with Gasteiger partial charge in [0.25, 0.3) is 0 Å². The number of benzene rings is 3. The van der Waals surface area contributed by atoms with Gasteiger partial charge in [-0.25, -0.2) is 24.2 Å². The van der Waals surface area contributed by atoms with E-state index in [4.69, 9.17) is 23.4 Å². The van der Waals surface area contributed by atoms with E-state index >= 15 is 0 Å². The molecule has 1 aliphatic rings. The van der Waals surface area contributed by atoms with Gasteiger partial charge in [-0.05, 0) is 61.7 Å². The second-order valence-electron chi connectivity index (χ2n) is 11.6. The summed E-state index contributed by atoms with van der Waals surface area (Å²) in [5.74, 6) is 0.689. The molecule has 1 amide bonds. The molecule has 49 heavy (non-hydrogen) atoms. The smallest absolute Gasteiger partial charge is 0.457 e. The monoisotopic (exact) mass is 657 g/mol. The highest BCUT2D eigenvalue weighted by atomic mass is 16.6. The summed E-state index contributed by atoms with van der Waals surface area (Å²) in [6.07, 6.45) is 4.89. The van der Waals surface area contributed by atoms with E-state index in [1.807, 2.05) is 65.3 Å². The summed E-state index contributed by atoms with van der Waals surface area (Å²) < 4.78 is 23.6. The number of anilines is 1. The molecule has 1 unspecified atom stereocenters. The van der Waals surface area contributed by atoms with Gasteiger partial charge in [-0.15, -0.1) is 0 Å². The van der Waals surface area contributed by atoms with Crippen molar-refractivity contribution in [3.8, 4) is 34.1 Å². The molecule has 0 saturated heterocycles. The molecule has 12 nitrogen and oxygen atoms in total. The molecule has 7 rings (SSSR count). The number of fused-ring (bicyclic) bond motifs is 1. The lowest BCUT2D eigenvalue weighted by molar-refractivity contribution is -0.119. The van der Waals surface area contributed by atoms with E-state index < -0.39 is 11.9 Å². The lowest BCUT2D eigenvalue weighted by atomic mass is 9.83. The van der Waals surface area contributed by atoms with E-state index in [1.165, 1.54) is 12.4 Å². The molecule has 0 bridgehead atoms. The van der Waals surface area contributed by atoms with Crippen LogP contribution >= 0.6 is 0 Å². The highest BCUT2D eigenvalue weighted by Gasteiger charge is 2.30. The maximum Gasteiger partial charge on any atom is 0.519 e. The predicted octanol–water partition coefficient (Wildman–Crippen LogP) is 7.73. The van der Waals surface area contributed by atoms with E-state index in [9.17, 15) is 14.4 Å². The number of hydrogen-bond donors (Lipinski definition) is 1. The van der Waals surface area contributed by atoms with Crippen LogP contribution in [-0.2, 0) is 16.1 Å². The van der Waals surface area contributed by atoms with E-state index in [0.717, 1.165) is 24.8 Å². The standard InChI is InChI=1S/C37H31N5O7/c1-2-29(43)25-12-9-13-26(20-25)42-35-31(32(41-42)23-16-18-28(19-17-23)47-27-14-7-4-8-15-27)34(38-22-39-35)40-36(44)46-21-30-33(49-37(45)48-30)24-10-5-3-6-11-24/h2-8,10-11,14-19,22,25-26H,1,9,12-13,20-21H2,(H,38,39,40,44)/t25?,26-/m1/s1. The Balaban J connectivity index is 1.20. The first-order valence-electron chi connectivity index (χ1n) is 15.8. The van der Waals surface area contributed by atoms with Gasteiger partial charge in [0.2, 0.25) is 0 Å². The average molecular weight is 658 g/mol. The average Bonchev–Trinajstić information content (AvgIpc) is 3.73. The highest BCUT2D eigenvalue weighted by Crippen LogP contribution is 2.39. The molecule has 1 aliphatic carbocycles. The SMILES string of the molecule is C=CC(=O)C1CCC[C@@H](n2nc(-c3ccc(Oc4ccccc4)cc3)c3c(NC(=O)OCc4oc(=O)oc4-c4ccccc4)ncnc32)C1. The lowest BCUT2D eigenvalue weighted by Gasteiger charge is -2.28. The third-order valence-electron chi connectivity index (χ3n) is 8.43. The van der Waals surface area contributed by atoms with E-state index in [1.54, 1.807) is 24.3 Å².